The smallest absolute Gasteiger partial charge is 0.171 e. The summed E-state index contributed by atoms with van der Waals surface area (Å²) in [5.41, 5.74) is 2.54. The fraction of sp³-hybridized carbons (Fsp3) is 0.400. The highest BCUT2D eigenvalue weighted by molar-refractivity contribution is 7.09. The second-order valence-electron chi connectivity index (χ2n) is 5.61. The molecule has 0 N–H and O–H groups in total. The number of aromatic nitrogens is 2. The largest absolute Gasteiger partial charge is 0.294 e. The van der Waals surface area contributed by atoms with Gasteiger partial charge in [0.25, 0.3) is 0 Å². The topological polar surface area (TPSA) is 42.9 Å². The van der Waals surface area contributed by atoms with Crippen molar-refractivity contribution in [2.24, 2.45) is 0 Å². The molecule has 0 aromatic carbocycles. The predicted molar refractivity (Wildman–Crippen MR) is 77.8 cm³/mol. The van der Waals surface area contributed by atoms with E-state index in [2.05, 4.69) is 30.7 Å². The summed E-state index contributed by atoms with van der Waals surface area (Å²) in [6, 6.07) is 3.62. The molecule has 2 aromatic heterocycles. The van der Waals surface area contributed by atoms with Gasteiger partial charge < -0.3 is 0 Å². The number of Topliss-reactive ketones (excluding diaryl/α,β-unsaturated/α-hetero) is 1. The number of hydrogen-bond acceptors (Lipinski definition) is 4. The number of thiazole rings is 1. The molecule has 0 fully saturated rings. The van der Waals surface area contributed by atoms with Crippen LogP contribution < -0.4 is 0 Å². The Morgan fingerprint density at radius 2 is 2.11 bits per heavy atom. The number of rotatable bonds is 3. The Morgan fingerprint density at radius 1 is 1.37 bits per heavy atom. The molecular weight excluding hydrogens is 256 g/mol. The van der Waals surface area contributed by atoms with Crippen LogP contribution in [0, 0.1) is 6.92 Å². The van der Waals surface area contributed by atoms with Gasteiger partial charge in [0, 0.05) is 28.2 Å². The summed E-state index contributed by atoms with van der Waals surface area (Å²) in [5, 5.41) is 2.91. The highest BCUT2D eigenvalue weighted by Crippen LogP contribution is 2.24. The van der Waals surface area contributed by atoms with Crippen LogP contribution in [0.2, 0.25) is 0 Å². The first-order valence-corrected chi connectivity index (χ1v) is 7.15. The molecule has 0 atom stereocenters. The van der Waals surface area contributed by atoms with Crippen molar-refractivity contribution in [2.45, 2.75) is 39.5 Å². The quantitative estimate of drug-likeness (QED) is 0.804. The van der Waals surface area contributed by atoms with Crippen molar-refractivity contribution in [1.29, 1.82) is 0 Å². The third kappa shape index (κ3) is 3.26. The number of pyridine rings is 1. The molecule has 100 valence electrons. The number of aryl methyl sites for hydroxylation is 1. The summed E-state index contributed by atoms with van der Waals surface area (Å²) in [6.45, 7) is 8.23. The molecule has 2 aromatic rings. The molecule has 0 aliphatic heterocycles. The number of nitrogens with zero attached hydrogens (tertiary/aromatic N) is 2. The second kappa shape index (κ2) is 5.21. The first-order chi connectivity index (χ1) is 8.88. The van der Waals surface area contributed by atoms with Crippen LogP contribution in [0.5, 0.6) is 0 Å². The van der Waals surface area contributed by atoms with Gasteiger partial charge in [0.2, 0.25) is 0 Å². The predicted octanol–water partition coefficient (Wildman–Crippen LogP) is 3.57. The summed E-state index contributed by atoms with van der Waals surface area (Å²) < 4.78 is 0. The van der Waals surface area contributed by atoms with E-state index in [0.29, 0.717) is 12.0 Å². The molecule has 4 heteroatoms. The van der Waals surface area contributed by atoms with Crippen LogP contribution >= 0.6 is 11.3 Å². The van der Waals surface area contributed by atoms with Gasteiger partial charge in [-0.1, -0.05) is 20.8 Å². The Bertz CT molecular complexity index is 596. The van der Waals surface area contributed by atoms with E-state index < -0.39 is 0 Å². The monoisotopic (exact) mass is 274 g/mol. The van der Waals surface area contributed by atoms with Gasteiger partial charge >= 0.3 is 0 Å². The van der Waals surface area contributed by atoms with Crippen molar-refractivity contribution < 1.29 is 4.79 Å². The lowest BCUT2D eigenvalue weighted by atomic mass is 9.93. The second-order valence-corrected chi connectivity index (χ2v) is 6.56. The van der Waals surface area contributed by atoms with Crippen molar-refractivity contribution in [3.63, 3.8) is 0 Å². The minimum atomic E-state index is 0.0298. The Kier molecular flexibility index (Phi) is 3.80. The van der Waals surface area contributed by atoms with Crippen LogP contribution in [0.3, 0.4) is 0 Å². The molecule has 0 unspecified atom stereocenters. The minimum absolute atomic E-state index is 0.0298. The lowest BCUT2D eigenvalue weighted by molar-refractivity contribution is 0.0992. The van der Waals surface area contributed by atoms with E-state index in [0.717, 1.165) is 16.4 Å². The molecule has 0 radical (unpaired) electrons. The van der Waals surface area contributed by atoms with Crippen LogP contribution in [0.4, 0.5) is 0 Å². The number of carbonyl (C=O) groups excluding carboxylic acids is 1. The zero-order chi connectivity index (χ0) is 14.0. The van der Waals surface area contributed by atoms with Gasteiger partial charge in [-0.3, -0.25) is 9.78 Å². The van der Waals surface area contributed by atoms with E-state index in [1.807, 2.05) is 18.4 Å². The van der Waals surface area contributed by atoms with Crippen molar-refractivity contribution in [2.75, 3.05) is 0 Å². The Balaban J connectivity index is 2.16. The van der Waals surface area contributed by atoms with E-state index in [1.165, 1.54) is 0 Å². The lowest BCUT2D eigenvalue weighted by Gasteiger charge is -2.14. The molecule has 19 heavy (non-hydrogen) atoms. The Morgan fingerprint density at radius 3 is 2.68 bits per heavy atom. The molecule has 3 nitrogen and oxygen atoms in total. The summed E-state index contributed by atoms with van der Waals surface area (Å²) >= 11 is 1.55. The summed E-state index contributed by atoms with van der Waals surface area (Å²) in [7, 11) is 0. The van der Waals surface area contributed by atoms with E-state index in [9.17, 15) is 4.79 Å². The van der Waals surface area contributed by atoms with E-state index in [-0.39, 0.29) is 11.2 Å². The normalized spacial score (nSPS) is 11.6. The molecule has 2 heterocycles. The third-order valence-electron chi connectivity index (χ3n) is 2.94. The number of ketones is 1. The van der Waals surface area contributed by atoms with Crippen molar-refractivity contribution in [3.8, 4) is 0 Å². The maximum absolute atomic E-state index is 12.2. The standard InChI is InChI=1S/C15H18N2OS/c1-10-11(6-5-7-16-10)12(18)8-14-17-13(9-19-14)15(2,3)4/h5-7,9H,8H2,1-4H3. The summed E-state index contributed by atoms with van der Waals surface area (Å²) in [5.74, 6) is 0.0837. The fourth-order valence-corrected chi connectivity index (χ4v) is 2.77. The third-order valence-corrected chi connectivity index (χ3v) is 3.79. The maximum atomic E-state index is 12.2. The van der Waals surface area contributed by atoms with E-state index in [1.54, 1.807) is 23.6 Å². The summed E-state index contributed by atoms with van der Waals surface area (Å²) in [6.07, 6.45) is 2.06. The SMILES string of the molecule is Cc1ncccc1C(=O)Cc1nc(C(C)(C)C)cs1. The van der Waals surface area contributed by atoms with Gasteiger partial charge in [-0.05, 0) is 19.1 Å². The zero-order valence-electron chi connectivity index (χ0n) is 11.7. The van der Waals surface area contributed by atoms with Crippen molar-refractivity contribution in [3.05, 3.63) is 45.7 Å². The molecule has 0 saturated heterocycles. The molecule has 2 rings (SSSR count). The van der Waals surface area contributed by atoms with Gasteiger partial charge in [0.05, 0.1) is 12.1 Å². The van der Waals surface area contributed by atoms with Gasteiger partial charge in [0.15, 0.2) is 5.78 Å². The average molecular weight is 274 g/mol. The van der Waals surface area contributed by atoms with Crippen molar-refractivity contribution in [1.82, 2.24) is 9.97 Å². The molecule has 0 amide bonds. The molecule has 0 aliphatic rings. The van der Waals surface area contributed by atoms with Gasteiger partial charge in [-0.2, -0.15) is 0 Å². The van der Waals surface area contributed by atoms with Crippen molar-refractivity contribution >= 4 is 17.1 Å². The van der Waals surface area contributed by atoms with Gasteiger partial charge in [-0.15, -0.1) is 11.3 Å². The van der Waals surface area contributed by atoms with Crippen LogP contribution in [-0.4, -0.2) is 15.8 Å². The fourth-order valence-electron chi connectivity index (χ4n) is 1.75. The van der Waals surface area contributed by atoms with Crippen LogP contribution in [0.1, 0.15) is 47.5 Å². The van der Waals surface area contributed by atoms with E-state index in [4.69, 9.17) is 0 Å². The molecule has 0 aliphatic carbocycles. The molecule has 0 spiro atoms. The van der Waals surface area contributed by atoms with Gasteiger partial charge in [0.1, 0.15) is 5.01 Å². The molecule has 0 saturated carbocycles. The first kappa shape index (κ1) is 13.9. The molecule has 0 bridgehead atoms. The summed E-state index contributed by atoms with van der Waals surface area (Å²) in [4.78, 5) is 20.9. The Hall–Kier alpha value is -1.55. The first-order valence-electron chi connectivity index (χ1n) is 6.27. The highest BCUT2D eigenvalue weighted by atomic mass is 32.1. The molecular formula is C15H18N2OS. The highest BCUT2D eigenvalue weighted by Gasteiger charge is 2.19. The minimum Gasteiger partial charge on any atom is -0.294 e. The number of carbonyl (C=O) groups is 1. The van der Waals surface area contributed by atoms with E-state index >= 15 is 0 Å². The van der Waals surface area contributed by atoms with Gasteiger partial charge in [-0.25, -0.2) is 4.98 Å². The van der Waals surface area contributed by atoms with Crippen LogP contribution in [0.25, 0.3) is 0 Å². The number of hydrogen-bond donors (Lipinski definition) is 0. The maximum Gasteiger partial charge on any atom is 0.171 e. The van der Waals surface area contributed by atoms with Crippen LogP contribution in [0.15, 0.2) is 23.7 Å². The lowest BCUT2D eigenvalue weighted by Crippen LogP contribution is -2.12. The average Bonchev–Trinajstić information content (AvgIpc) is 2.77. The Labute approximate surface area is 117 Å². The van der Waals surface area contributed by atoms with Crippen LogP contribution in [-0.2, 0) is 11.8 Å². The zero-order valence-corrected chi connectivity index (χ0v) is 12.5.